The highest BCUT2D eigenvalue weighted by Gasteiger charge is 2.60. The number of carboxylic acid groups (broad SMARTS) is 2. The highest BCUT2D eigenvalue weighted by atomic mass is 35.5. The summed E-state index contributed by atoms with van der Waals surface area (Å²) in [7, 11) is 0. The number of nitrogens with zero attached hydrogens (tertiary/aromatic N) is 1. The number of carboxylic acids is 2. The maximum atomic E-state index is 14.2. The SMILES string of the molecule is O=C(O)C1CC(Cc2ccccc2)(C(=O)O)N(C(=O)c2ccc(Cl)c(Cl)c2)C1c1cccc(F)c1. The summed E-state index contributed by atoms with van der Waals surface area (Å²) in [5.74, 6) is -5.34. The number of amides is 1. The Bertz CT molecular complexity index is 1300. The zero-order valence-corrected chi connectivity index (χ0v) is 19.7. The van der Waals surface area contributed by atoms with Crippen molar-refractivity contribution in [2.75, 3.05) is 0 Å². The van der Waals surface area contributed by atoms with E-state index in [9.17, 15) is 29.0 Å². The average Bonchev–Trinajstić information content (AvgIpc) is 3.17. The summed E-state index contributed by atoms with van der Waals surface area (Å²) >= 11 is 12.1. The molecule has 0 spiro atoms. The van der Waals surface area contributed by atoms with Crippen molar-refractivity contribution in [2.45, 2.75) is 24.4 Å². The van der Waals surface area contributed by atoms with Gasteiger partial charge in [0.1, 0.15) is 11.4 Å². The second-order valence-corrected chi connectivity index (χ2v) is 9.27. The van der Waals surface area contributed by atoms with E-state index in [1.807, 2.05) is 0 Å². The topological polar surface area (TPSA) is 94.9 Å². The van der Waals surface area contributed by atoms with Gasteiger partial charge in [-0.1, -0.05) is 65.7 Å². The first kappa shape index (κ1) is 24.7. The van der Waals surface area contributed by atoms with Gasteiger partial charge in [0.2, 0.25) is 0 Å². The fraction of sp³-hybridized carbons (Fsp3) is 0.192. The van der Waals surface area contributed by atoms with E-state index >= 15 is 0 Å². The number of rotatable bonds is 6. The van der Waals surface area contributed by atoms with Gasteiger partial charge in [-0.15, -0.1) is 0 Å². The monoisotopic (exact) mass is 515 g/mol. The minimum atomic E-state index is -1.93. The number of carbonyl (C=O) groups excluding carboxylic acids is 1. The molecular formula is C26H20Cl2FNO5. The molecule has 1 aliphatic rings. The highest BCUT2D eigenvalue weighted by molar-refractivity contribution is 6.42. The van der Waals surface area contributed by atoms with Crippen LogP contribution in [0.2, 0.25) is 10.0 Å². The summed E-state index contributed by atoms with van der Waals surface area (Å²) in [6, 6.07) is 16.7. The van der Waals surface area contributed by atoms with Crippen LogP contribution < -0.4 is 0 Å². The average molecular weight is 516 g/mol. The first-order valence-electron chi connectivity index (χ1n) is 10.7. The highest BCUT2D eigenvalue weighted by Crippen LogP contribution is 2.49. The first-order chi connectivity index (χ1) is 16.6. The molecule has 1 saturated heterocycles. The van der Waals surface area contributed by atoms with Crippen molar-refractivity contribution >= 4 is 41.0 Å². The van der Waals surface area contributed by atoms with Gasteiger partial charge >= 0.3 is 11.9 Å². The predicted molar refractivity (Wildman–Crippen MR) is 128 cm³/mol. The van der Waals surface area contributed by atoms with E-state index in [0.29, 0.717) is 5.56 Å². The molecule has 1 heterocycles. The van der Waals surface area contributed by atoms with Gasteiger partial charge < -0.3 is 15.1 Å². The molecule has 0 aromatic heterocycles. The third kappa shape index (κ3) is 4.61. The lowest BCUT2D eigenvalue weighted by Crippen LogP contribution is -2.55. The van der Waals surface area contributed by atoms with Crippen LogP contribution >= 0.6 is 23.2 Å². The van der Waals surface area contributed by atoms with E-state index in [1.165, 1.54) is 36.4 Å². The Hall–Kier alpha value is -3.42. The van der Waals surface area contributed by atoms with Gasteiger partial charge in [0.05, 0.1) is 22.0 Å². The molecule has 9 heteroatoms. The van der Waals surface area contributed by atoms with Crippen LogP contribution in [0, 0.1) is 11.7 Å². The number of halogens is 3. The number of hydrogen-bond donors (Lipinski definition) is 2. The quantitative estimate of drug-likeness (QED) is 0.452. The van der Waals surface area contributed by atoms with Crippen molar-refractivity contribution in [1.82, 2.24) is 4.90 Å². The van der Waals surface area contributed by atoms with Crippen LogP contribution in [0.3, 0.4) is 0 Å². The van der Waals surface area contributed by atoms with Crippen LogP contribution in [0.4, 0.5) is 4.39 Å². The van der Waals surface area contributed by atoms with E-state index < -0.39 is 41.2 Å². The van der Waals surface area contributed by atoms with Crippen molar-refractivity contribution in [3.05, 3.63) is 105 Å². The van der Waals surface area contributed by atoms with E-state index in [-0.39, 0.29) is 34.0 Å². The van der Waals surface area contributed by atoms with Gasteiger partial charge in [0.25, 0.3) is 5.91 Å². The van der Waals surface area contributed by atoms with E-state index in [2.05, 4.69) is 0 Å². The molecule has 2 N–H and O–H groups in total. The Morgan fingerprint density at radius 3 is 2.26 bits per heavy atom. The molecule has 3 atom stereocenters. The largest absolute Gasteiger partial charge is 0.481 e. The van der Waals surface area contributed by atoms with Gasteiger partial charge in [-0.2, -0.15) is 0 Å². The molecule has 0 aliphatic carbocycles. The number of benzene rings is 3. The Labute approximate surface area is 210 Å². The lowest BCUT2D eigenvalue weighted by atomic mass is 9.84. The molecule has 3 aromatic carbocycles. The molecule has 4 rings (SSSR count). The fourth-order valence-electron chi connectivity index (χ4n) is 4.76. The van der Waals surface area contributed by atoms with Gasteiger partial charge in [0, 0.05) is 12.0 Å². The zero-order chi connectivity index (χ0) is 25.3. The lowest BCUT2D eigenvalue weighted by Gasteiger charge is -2.38. The first-order valence-corrected chi connectivity index (χ1v) is 11.4. The maximum Gasteiger partial charge on any atom is 0.330 e. The number of aliphatic carboxylic acids is 2. The number of likely N-dealkylation sites (tertiary alicyclic amines) is 1. The van der Waals surface area contributed by atoms with Crippen molar-refractivity contribution in [3.8, 4) is 0 Å². The smallest absolute Gasteiger partial charge is 0.330 e. The zero-order valence-electron chi connectivity index (χ0n) is 18.2. The summed E-state index contributed by atoms with van der Waals surface area (Å²) < 4.78 is 14.2. The molecule has 3 aromatic rings. The van der Waals surface area contributed by atoms with Crippen molar-refractivity contribution in [3.63, 3.8) is 0 Å². The van der Waals surface area contributed by atoms with Gasteiger partial charge in [-0.25, -0.2) is 9.18 Å². The summed E-state index contributed by atoms with van der Waals surface area (Å²) in [5, 5.41) is 20.9. The molecule has 1 amide bonds. The van der Waals surface area contributed by atoms with Crippen LogP contribution in [0.5, 0.6) is 0 Å². The summed E-state index contributed by atoms with van der Waals surface area (Å²) in [6.45, 7) is 0. The normalized spacial score (nSPS) is 21.6. The molecule has 180 valence electrons. The predicted octanol–water partition coefficient (Wildman–Crippen LogP) is 5.49. The van der Waals surface area contributed by atoms with E-state index in [1.54, 1.807) is 30.3 Å². The van der Waals surface area contributed by atoms with Gasteiger partial charge in [0.15, 0.2) is 0 Å². The summed E-state index contributed by atoms with van der Waals surface area (Å²) in [6.07, 6.45) is -0.521. The molecule has 1 aliphatic heterocycles. The Kier molecular flexibility index (Phi) is 6.83. The Balaban J connectivity index is 1.95. The van der Waals surface area contributed by atoms with Crippen LogP contribution in [-0.2, 0) is 16.0 Å². The minimum absolute atomic E-state index is 0.0329. The molecule has 0 radical (unpaired) electrons. The molecule has 35 heavy (non-hydrogen) atoms. The van der Waals surface area contributed by atoms with Gasteiger partial charge in [-0.05, 0) is 47.9 Å². The summed E-state index contributed by atoms with van der Waals surface area (Å²) in [4.78, 5) is 40.3. The maximum absolute atomic E-state index is 14.2. The van der Waals surface area contributed by atoms with Crippen LogP contribution in [-0.4, -0.2) is 38.5 Å². The fourth-order valence-corrected chi connectivity index (χ4v) is 5.06. The molecule has 0 bridgehead atoms. The van der Waals surface area contributed by atoms with Crippen LogP contribution in [0.25, 0.3) is 0 Å². The van der Waals surface area contributed by atoms with Crippen molar-refractivity contribution in [2.24, 2.45) is 5.92 Å². The van der Waals surface area contributed by atoms with Gasteiger partial charge in [-0.3, -0.25) is 9.59 Å². The third-order valence-corrected chi connectivity index (χ3v) is 7.05. The second-order valence-electron chi connectivity index (χ2n) is 8.45. The number of carbonyl (C=O) groups is 3. The minimum Gasteiger partial charge on any atom is -0.481 e. The lowest BCUT2D eigenvalue weighted by molar-refractivity contribution is -0.149. The van der Waals surface area contributed by atoms with Crippen molar-refractivity contribution < 1.29 is 29.0 Å². The molecule has 3 unspecified atom stereocenters. The van der Waals surface area contributed by atoms with E-state index in [4.69, 9.17) is 23.2 Å². The van der Waals surface area contributed by atoms with E-state index in [0.717, 1.165) is 11.0 Å². The Morgan fingerprint density at radius 2 is 1.66 bits per heavy atom. The summed E-state index contributed by atoms with van der Waals surface area (Å²) in [5.41, 5.74) is -1.11. The van der Waals surface area contributed by atoms with Crippen LogP contribution in [0.15, 0.2) is 72.8 Å². The van der Waals surface area contributed by atoms with Crippen molar-refractivity contribution in [1.29, 1.82) is 0 Å². The Morgan fingerprint density at radius 1 is 0.943 bits per heavy atom. The third-order valence-electron chi connectivity index (χ3n) is 6.31. The standard InChI is InChI=1S/C26H20Cl2FNO5/c27-20-10-9-17(12-21(20)28)23(31)30-22(16-7-4-8-18(29)11-16)19(24(32)33)14-26(30,25(34)35)13-15-5-2-1-3-6-15/h1-12,19,22H,13-14H2,(H,32,33)(H,34,35). The molecule has 0 saturated carbocycles. The number of hydrogen-bond acceptors (Lipinski definition) is 3. The van der Waals surface area contributed by atoms with Crippen LogP contribution in [0.1, 0.15) is 33.9 Å². The molecule has 1 fully saturated rings. The second kappa shape index (κ2) is 9.68. The molecular weight excluding hydrogens is 496 g/mol. The molecule has 6 nitrogen and oxygen atoms in total.